The van der Waals surface area contributed by atoms with Crippen LogP contribution in [0.25, 0.3) is 0 Å². The van der Waals surface area contributed by atoms with Crippen LogP contribution in [0.3, 0.4) is 0 Å². The van der Waals surface area contributed by atoms with Crippen molar-refractivity contribution >= 4 is 77.3 Å². The van der Waals surface area contributed by atoms with Crippen LogP contribution in [0, 0.1) is 0 Å². The second-order valence-electron chi connectivity index (χ2n) is 34.8. The van der Waals surface area contributed by atoms with E-state index >= 15 is 0 Å². The first-order chi connectivity index (χ1) is 67.0. The summed E-state index contributed by atoms with van der Waals surface area (Å²) in [7, 11) is -19.4. The van der Waals surface area contributed by atoms with Crippen LogP contribution in [0.1, 0.15) is 19.3 Å². The van der Waals surface area contributed by atoms with Gasteiger partial charge in [0.05, 0.1) is 396 Å². The van der Waals surface area contributed by atoms with Crippen molar-refractivity contribution < 1.29 is 194 Å². The zero-order valence-corrected chi connectivity index (χ0v) is 98.7. The summed E-state index contributed by atoms with van der Waals surface area (Å²) in [4.78, 5) is 0. The predicted molar refractivity (Wildman–Crippen MR) is 545 cm³/mol. The van der Waals surface area contributed by atoms with Crippen LogP contribution in [-0.4, -0.2) is 515 Å². The molecule has 836 valence electrons. The molecule has 0 bridgehead atoms. The number of methoxy groups -OCH3 is 3. The molecule has 51 heteroatoms. The van der Waals surface area contributed by atoms with E-state index in [2.05, 4.69) is 65.5 Å². The minimum atomic E-state index is -3.30. The average Bonchev–Trinajstić information content (AvgIpc) is 0.806. The van der Waals surface area contributed by atoms with Crippen molar-refractivity contribution in [2.45, 2.75) is 142 Å². The minimum Gasteiger partial charge on any atom is -0.439 e. The molecule has 42 nitrogen and oxygen atoms in total. The maximum Gasteiger partial charge on any atom is 0.362 e. The Balaban J connectivity index is 5.51. The maximum atomic E-state index is 7.47. The van der Waals surface area contributed by atoms with E-state index in [9.17, 15) is 0 Å². The van der Waals surface area contributed by atoms with Gasteiger partial charge in [-0.2, -0.15) is 0 Å². The molecule has 0 aromatic heterocycles. The third-order valence-electron chi connectivity index (χ3n) is 17.9. The molecule has 0 N–H and O–H groups in total. The van der Waals surface area contributed by atoms with Crippen molar-refractivity contribution in [3.8, 4) is 0 Å². The minimum absolute atomic E-state index is 0.392. The molecule has 0 amide bonds. The van der Waals surface area contributed by atoms with Gasteiger partial charge in [0.1, 0.15) is 0 Å². The Morgan fingerprint density at radius 3 is 0.482 bits per heavy atom. The van der Waals surface area contributed by atoms with Crippen LogP contribution < -0.4 is 0 Å². The van der Waals surface area contributed by atoms with Crippen LogP contribution in [0.5, 0.6) is 0 Å². The quantitative estimate of drug-likeness (QED) is 0.0238. The van der Waals surface area contributed by atoms with E-state index in [0.29, 0.717) is 441 Å². The lowest BCUT2D eigenvalue weighted by molar-refractivity contribution is -0.154. The highest BCUT2D eigenvalue weighted by atomic mass is 28.5. The molecule has 3 unspecified atom stereocenters. The zero-order chi connectivity index (χ0) is 102. The smallest absolute Gasteiger partial charge is 0.362 e. The fourth-order valence-corrected chi connectivity index (χ4v) is 53.3. The van der Waals surface area contributed by atoms with Gasteiger partial charge in [-0.05, 0) is 142 Å². The summed E-state index contributed by atoms with van der Waals surface area (Å²) in [6.45, 7) is 63.4. The highest BCUT2D eigenvalue weighted by Gasteiger charge is 2.50. The third-order valence-corrected chi connectivity index (χ3v) is 49.9. The van der Waals surface area contributed by atoms with Crippen molar-refractivity contribution in [2.75, 3.05) is 438 Å². The van der Waals surface area contributed by atoms with E-state index in [4.69, 9.17) is 194 Å². The van der Waals surface area contributed by atoms with Gasteiger partial charge >= 0.3 is 59.9 Å². The van der Waals surface area contributed by atoms with Gasteiger partial charge in [-0.1, -0.05) is 0 Å². The van der Waals surface area contributed by atoms with Crippen LogP contribution in [0.4, 0.5) is 0 Å². The van der Waals surface area contributed by atoms with Gasteiger partial charge < -0.3 is 185 Å². The third kappa shape index (κ3) is 107. The van der Waals surface area contributed by atoms with Crippen LogP contribution in [0.15, 0.2) is 0 Å². The summed E-state index contributed by atoms with van der Waals surface area (Å²) in [6, 6.07) is 2.04. The summed E-state index contributed by atoms with van der Waals surface area (Å²) in [5, 5.41) is 0. The summed E-state index contributed by atoms with van der Waals surface area (Å²) in [5.74, 6) is 0. The first-order valence-electron chi connectivity index (χ1n) is 50.1. The fourth-order valence-electron chi connectivity index (χ4n) is 12.7. The topological polar surface area (TPSA) is 388 Å². The van der Waals surface area contributed by atoms with E-state index in [1.165, 1.54) is 0 Å². The van der Waals surface area contributed by atoms with E-state index < -0.39 is 77.3 Å². The number of hydrogen-bond acceptors (Lipinski definition) is 42. The Labute approximate surface area is 846 Å². The molecule has 0 aromatic carbocycles. The molecule has 0 saturated heterocycles. The number of hydrogen-bond donors (Lipinski definition) is 0. The fraction of sp³-hybridized carbons (Fsp3) is 1.00. The van der Waals surface area contributed by atoms with Crippen molar-refractivity contribution in [3.63, 3.8) is 0 Å². The van der Waals surface area contributed by atoms with Gasteiger partial charge in [0.25, 0.3) is 0 Å². The molecule has 0 aliphatic carbocycles. The highest BCUT2D eigenvalue weighted by Crippen LogP contribution is 2.32. The van der Waals surface area contributed by atoms with Gasteiger partial charge in [-0.3, -0.25) is 9.15 Å². The molecule has 0 heterocycles. The summed E-state index contributed by atoms with van der Waals surface area (Å²) < 4.78 is 247. The monoisotopic (exact) mass is 2180 g/mol. The highest BCUT2D eigenvalue weighted by molar-refractivity contribution is 6.91. The van der Waals surface area contributed by atoms with Crippen LogP contribution >= 0.6 is 0 Å². The molecule has 0 spiro atoms. The summed E-state index contributed by atoms with van der Waals surface area (Å²) in [5.41, 5.74) is 0. The Kier molecular flexibility index (Phi) is 99.1. The first kappa shape index (κ1) is 139. The lowest BCUT2D eigenvalue weighted by atomic mass is 10.5. The van der Waals surface area contributed by atoms with E-state index in [1.807, 2.05) is 39.3 Å². The molecule has 0 radical (unpaired) electrons. The first-order valence-corrected chi connectivity index (χ1v) is 75.0. The number of rotatable bonds is 119. The van der Waals surface area contributed by atoms with Gasteiger partial charge in [0.15, 0.2) is 17.4 Å². The maximum absolute atomic E-state index is 7.47. The van der Waals surface area contributed by atoms with Gasteiger partial charge in [-0.25, -0.2) is 0 Å². The molecular formula is C88H196O42Si9. The van der Waals surface area contributed by atoms with Crippen molar-refractivity contribution in [1.82, 2.24) is 0 Å². The van der Waals surface area contributed by atoms with Gasteiger partial charge in [-0.15, -0.1) is 0 Å². The van der Waals surface area contributed by atoms with E-state index in [0.717, 1.165) is 12.5 Å². The molecular weight excluding hydrogens is 1980 g/mol. The molecule has 0 aliphatic heterocycles. The van der Waals surface area contributed by atoms with E-state index in [1.54, 1.807) is 21.3 Å². The van der Waals surface area contributed by atoms with E-state index in [-0.39, 0.29) is 0 Å². The van der Waals surface area contributed by atoms with Crippen molar-refractivity contribution in [3.05, 3.63) is 0 Å². The van der Waals surface area contributed by atoms with Gasteiger partial charge in [0.2, 0.25) is 0 Å². The Hall–Kier alpha value is 0.272. The van der Waals surface area contributed by atoms with Crippen LogP contribution in [0.2, 0.25) is 123 Å². The Morgan fingerprint density at radius 2 is 0.302 bits per heavy atom. The van der Waals surface area contributed by atoms with Crippen molar-refractivity contribution in [1.29, 1.82) is 0 Å². The molecule has 0 saturated carbocycles. The van der Waals surface area contributed by atoms with Crippen molar-refractivity contribution in [2.24, 2.45) is 0 Å². The summed E-state index contributed by atoms with van der Waals surface area (Å²) >= 11 is 0. The molecule has 0 aliphatic rings. The SMILES string of the molecule is COCCOCCOCCOCCOCCOCCOCCOCCOCCOCCOCCC[SiH](C)O[Si](C)(CCCOCCOCCOCCOCCOCCOCCOCCOCCOCCOCCOC)O[Si](C)(CCCOCCOCCOCCOCCOCCOCCOCCOCCOCCOCCOC)OO[Si](C)(C)O[Si](C)(C)O[Si](C)(C)O[Si](C)(C)O[Si](C)(C)O[Si](C)(C)C. The second kappa shape index (κ2) is 98.9. The molecule has 0 aromatic rings. The zero-order valence-electron chi connectivity index (χ0n) is 89.5. The Bertz CT molecular complexity index is 2510. The average molecular weight is 2180 g/mol. The Morgan fingerprint density at radius 1 is 0.151 bits per heavy atom. The standard InChI is InChI=1S/C88H196O42Si9/c1-89-26-29-95-38-41-101-50-53-107-62-65-113-74-77-119-83-80-116-71-68-110-59-56-104-47-44-98-35-32-92-23-20-86-131(4)124-139(19,88-22-25-94-34-37-100-46-49-106-58-61-112-70-73-118-82-85-121-79-76-115-67-64-109-55-52-103-43-40-97-31-28-91-3)130-138(18,123-122-133(8,9)126-135(12,13)128-137(16,17)129-136(14,15)127-134(10,11)125-132(5,6)7)87-21-24-93-33-36-99-45-48-105-57-60-111-69-72-117-81-84-120-78-75-114-66-63-108-54-51-102-42-39-96-30-27-90-2/h131H,20-88H2,1-19H3. The van der Waals surface area contributed by atoms with Gasteiger partial charge in [0, 0.05) is 41.2 Å². The number of ether oxygens (including phenoxy) is 33. The lowest BCUT2D eigenvalue weighted by Crippen LogP contribution is -2.60. The summed E-state index contributed by atoms with van der Waals surface area (Å²) in [6.07, 6.45) is 2.12. The molecule has 139 heavy (non-hydrogen) atoms. The predicted octanol–water partition coefficient (Wildman–Crippen LogP) is 8.50. The lowest BCUT2D eigenvalue weighted by Gasteiger charge is -2.43. The second-order valence-corrected chi connectivity index (χ2v) is 66.9. The largest absolute Gasteiger partial charge is 0.439 e. The normalized spacial score (nSPS) is 13.8. The van der Waals surface area contributed by atoms with Crippen LogP contribution in [-0.2, 0) is 194 Å². The molecule has 0 fully saturated rings. The molecule has 3 atom stereocenters. The molecule has 0 rings (SSSR count).